The highest BCUT2D eigenvalue weighted by Gasteiger charge is 2.44. The van der Waals surface area contributed by atoms with Crippen molar-refractivity contribution in [2.75, 3.05) is 38.5 Å². The van der Waals surface area contributed by atoms with Gasteiger partial charge in [0.15, 0.2) is 0 Å². The molecule has 2 N–H and O–H groups in total. The Balaban J connectivity index is 1.91. The van der Waals surface area contributed by atoms with E-state index in [0.717, 1.165) is 32.1 Å². The fourth-order valence-electron chi connectivity index (χ4n) is 3.37. The number of rotatable bonds is 6. The molecule has 1 aliphatic carbocycles. The van der Waals surface area contributed by atoms with Crippen LogP contribution in [0.3, 0.4) is 0 Å². The summed E-state index contributed by atoms with van der Waals surface area (Å²) in [5.74, 6) is 0.0174. The normalized spacial score (nSPS) is 23.8. The zero-order chi connectivity index (χ0) is 16.9. The Morgan fingerprint density at radius 1 is 1.13 bits per heavy atom. The Hall–Kier alpha value is -0.380. The molecular weight excluding hydrogens is 331 g/mol. The molecule has 1 unspecified atom stereocenters. The lowest BCUT2D eigenvalue weighted by atomic mass is 9.91. The summed E-state index contributed by atoms with van der Waals surface area (Å²) in [6.45, 7) is 0.921. The van der Waals surface area contributed by atoms with Crippen LogP contribution in [0, 0.1) is 5.92 Å². The molecule has 1 atom stereocenters. The third-order valence-electron chi connectivity index (χ3n) is 4.65. The Bertz CT molecular complexity index is 458. The molecule has 9 heteroatoms. The van der Waals surface area contributed by atoms with E-state index in [4.69, 9.17) is 0 Å². The highest BCUT2D eigenvalue weighted by molar-refractivity contribution is 7.89. The minimum atomic E-state index is -4.44. The van der Waals surface area contributed by atoms with Crippen molar-refractivity contribution in [3.8, 4) is 0 Å². The first-order valence-electron chi connectivity index (χ1n) is 8.27. The molecule has 0 amide bonds. The van der Waals surface area contributed by atoms with E-state index in [1.807, 2.05) is 0 Å². The van der Waals surface area contributed by atoms with Crippen molar-refractivity contribution in [2.45, 2.75) is 44.3 Å². The van der Waals surface area contributed by atoms with Crippen molar-refractivity contribution < 1.29 is 21.6 Å². The van der Waals surface area contributed by atoms with Gasteiger partial charge >= 0.3 is 6.18 Å². The smallest absolute Gasteiger partial charge is 0.314 e. The quantitative estimate of drug-likeness (QED) is 0.753. The Morgan fingerprint density at radius 2 is 1.74 bits per heavy atom. The van der Waals surface area contributed by atoms with E-state index in [1.165, 1.54) is 4.90 Å². The summed E-state index contributed by atoms with van der Waals surface area (Å²) in [7, 11) is -3.67. The fourth-order valence-corrected chi connectivity index (χ4v) is 4.86. The van der Waals surface area contributed by atoms with Gasteiger partial charge in [0.05, 0.1) is 5.75 Å². The average Bonchev–Trinajstić information content (AvgIpc) is 2.47. The third kappa shape index (κ3) is 6.21. The summed E-state index contributed by atoms with van der Waals surface area (Å²) >= 11 is 0. The minimum Gasteiger partial charge on any atom is -0.314 e. The van der Waals surface area contributed by atoms with Crippen molar-refractivity contribution in [1.82, 2.24) is 14.9 Å². The third-order valence-corrected chi connectivity index (χ3v) is 6.16. The molecule has 1 heterocycles. The van der Waals surface area contributed by atoms with Crippen LogP contribution < -0.4 is 10.0 Å². The summed E-state index contributed by atoms with van der Waals surface area (Å²) < 4.78 is 66.1. The molecule has 2 fully saturated rings. The molecule has 0 bridgehead atoms. The van der Waals surface area contributed by atoms with Gasteiger partial charge < -0.3 is 5.32 Å². The number of nitrogens with one attached hydrogen (secondary N) is 2. The Labute approximate surface area is 136 Å². The van der Waals surface area contributed by atoms with Gasteiger partial charge in [0.1, 0.15) is 6.04 Å². The van der Waals surface area contributed by atoms with Gasteiger partial charge in [0.25, 0.3) is 0 Å². The summed E-state index contributed by atoms with van der Waals surface area (Å²) in [6.07, 6.45) is 0.384. The van der Waals surface area contributed by atoms with Crippen molar-refractivity contribution in [2.24, 2.45) is 5.92 Å². The molecule has 0 spiro atoms. The summed E-state index contributed by atoms with van der Waals surface area (Å²) in [5, 5.41) is 3.00. The molecule has 136 valence electrons. The second-order valence-electron chi connectivity index (χ2n) is 6.48. The maximum absolute atomic E-state index is 13.2. The number of nitrogens with zero attached hydrogens (tertiary/aromatic N) is 1. The molecule has 0 aromatic carbocycles. The SMILES string of the molecule is O=S(=O)(CC1CCCCC1)NCC(N1CCNCC1)C(F)(F)F. The zero-order valence-corrected chi connectivity index (χ0v) is 14.1. The first-order valence-corrected chi connectivity index (χ1v) is 9.92. The van der Waals surface area contributed by atoms with Crippen LogP contribution in [0.2, 0.25) is 0 Å². The average molecular weight is 357 g/mol. The van der Waals surface area contributed by atoms with Gasteiger partial charge in [-0.1, -0.05) is 19.3 Å². The lowest BCUT2D eigenvalue weighted by Crippen LogP contribution is -2.57. The molecule has 0 radical (unpaired) electrons. The van der Waals surface area contributed by atoms with Crippen LogP contribution in [-0.4, -0.2) is 64.0 Å². The summed E-state index contributed by atoms with van der Waals surface area (Å²) in [4.78, 5) is 1.31. The van der Waals surface area contributed by atoms with Crippen LogP contribution in [-0.2, 0) is 10.0 Å². The predicted molar refractivity (Wildman–Crippen MR) is 82.7 cm³/mol. The van der Waals surface area contributed by atoms with Gasteiger partial charge in [0.2, 0.25) is 10.0 Å². The monoisotopic (exact) mass is 357 g/mol. The number of alkyl halides is 3. The van der Waals surface area contributed by atoms with E-state index in [2.05, 4.69) is 10.0 Å². The van der Waals surface area contributed by atoms with E-state index in [0.29, 0.717) is 13.1 Å². The second kappa shape index (κ2) is 8.13. The van der Waals surface area contributed by atoms with Gasteiger partial charge in [-0.05, 0) is 18.8 Å². The lowest BCUT2D eigenvalue weighted by molar-refractivity contribution is -0.182. The summed E-state index contributed by atoms with van der Waals surface area (Å²) in [6, 6.07) is -1.76. The van der Waals surface area contributed by atoms with E-state index >= 15 is 0 Å². The Morgan fingerprint density at radius 3 is 2.30 bits per heavy atom. The van der Waals surface area contributed by atoms with Crippen molar-refractivity contribution in [3.63, 3.8) is 0 Å². The molecule has 23 heavy (non-hydrogen) atoms. The standard InChI is InChI=1S/C14H26F3N3O2S/c15-14(16,17)13(20-8-6-18-7-9-20)10-19-23(21,22)11-12-4-2-1-3-5-12/h12-13,18-19H,1-11H2. The first-order chi connectivity index (χ1) is 10.8. The van der Waals surface area contributed by atoms with Crippen molar-refractivity contribution >= 4 is 10.0 Å². The first kappa shape index (κ1) is 19.0. The van der Waals surface area contributed by atoms with Gasteiger partial charge in [-0.2, -0.15) is 13.2 Å². The topological polar surface area (TPSA) is 61.4 Å². The van der Waals surface area contributed by atoms with Crippen LogP contribution in [0.15, 0.2) is 0 Å². The van der Waals surface area contributed by atoms with Crippen molar-refractivity contribution in [1.29, 1.82) is 0 Å². The molecule has 0 aromatic rings. The molecule has 1 saturated heterocycles. The number of halogens is 3. The maximum atomic E-state index is 13.2. The highest BCUT2D eigenvalue weighted by atomic mass is 32.2. The second-order valence-corrected chi connectivity index (χ2v) is 8.33. The lowest BCUT2D eigenvalue weighted by Gasteiger charge is -2.36. The Kier molecular flexibility index (Phi) is 6.70. The van der Waals surface area contributed by atoms with E-state index in [-0.39, 0.29) is 24.8 Å². The van der Waals surface area contributed by atoms with E-state index in [9.17, 15) is 21.6 Å². The molecule has 2 aliphatic rings. The fraction of sp³-hybridized carbons (Fsp3) is 1.00. The number of hydrogen-bond acceptors (Lipinski definition) is 4. The number of hydrogen-bond donors (Lipinski definition) is 2. The maximum Gasteiger partial charge on any atom is 0.405 e. The molecule has 2 rings (SSSR count). The van der Waals surface area contributed by atoms with Crippen LogP contribution in [0.1, 0.15) is 32.1 Å². The van der Waals surface area contributed by atoms with Gasteiger partial charge in [-0.3, -0.25) is 4.90 Å². The predicted octanol–water partition coefficient (Wildman–Crippen LogP) is 1.32. The van der Waals surface area contributed by atoms with Crippen LogP contribution >= 0.6 is 0 Å². The van der Waals surface area contributed by atoms with Gasteiger partial charge in [-0.15, -0.1) is 0 Å². The molecule has 1 saturated carbocycles. The molecule has 0 aromatic heterocycles. The molecular formula is C14H26F3N3O2S. The highest BCUT2D eigenvalue weighted by Crippen LogP contribution is 2.26. The van der Waals surface area contributed by atoms with Gasteiger partial charge in [0, 0.05) is 32.7 Å². The van der Waals surface area contributed by atoms with Gasteiger partial charge in [-0.25, -0.2) is 13.1 Å². The van der Waals surface area contributed by atoms with Crippen LogP contribution in [0.5, 0.6) is 0 Å². The number of sulfonamides is 1. The largest absolute Gasteiger partial charge is 0.405 e. The minimum absolute atomic E-state index is 0.0564. The van der Waals surface area contributed by atoms with Crippen LogP contribution in [0.25, 0.3) is 0 Å². The molecule has 1 aliphatic heterocycles. The zero-order valence-electron chi connectivity index (χ0n) is 13.2. The summed E-state index contributed by atoms with van der Waals surface area (Å²) in [5.41, 5.74) is 0. The molecule has 5 nitrogen and oxygen atoms in total. The van der Waals surface area contributed by atoms with Crippen molar-refractivity contribution in [3.05, 3.63) is 0 Å². The number of piperazine rings is 1. The van der Waals surface area contributed by atoms with E-state index in [1.54, 1.807) is 0 Å². The van der Waals surface area contributed by atoms with E-state index < -0.39 is 28.8 Å². The van der Waals surface area contributed by atoms with Crippen LogP contribution in [0.4, 0.5) is 13.2 Å².